The van der Waals surface area contributed by atoms with Crippen LogP contribution in [0.1, 0.15) is 0 Å². The molecule has 0 bridgehead atoms. The Morgan fingerprint density at radius 3 is 2.39 bits per heavy atom. The van der Waals surface area contributed by atoms with Crippen LogP contribution in [0, 0.1) is 10.1 Å². The molecule has 0 saturated carbocycles. The van der Waals surface area contributed by atoms with Gasteiger partial charge in [-0.3, -0.25) is 10.1 Å². The topological polar surface area (TPSA) is 120 Å². The minimum Gasteiger partial charge on any atom is -0.463 e. The summed E-state index contributed by atoms with van der Waals surface area (Å²) in [6, 6.07) is 5.07. The zero-order valence-corrected chi connectivity index (χ0v) is 8.76. The molecule has 1 aromatic heterocycles. The first-order chi connectivity index (χ1) is 8.50. The van der Waals surface area contributed by atoms with Crippen molar-refractivity contribution in [2.24, 2.45) is 0 Å². The summed E-state index contributed by atoms with van der Waals surface area (Å²) in [5, 5.41) is 22.5. The summed E-state index contributed by atoms with van der Waals surface area (Å²) in [6.45, 7) is 0. The Morgan fingerprint density at radius 1 is 1.33 bits per heavy atom. The Balaban J connectivity index is 2.47. The van der Waals surface area contributed by atoms with Gasteiger partial charge in [-0.25, -0.2) is 14.2 Å². The fourth-order valence-electron chi connectivity index (χ4n) is 1.35. The van der Waals surface area contributed by atoms with Crippen molar-refractivity contribution >= 4 is 11.8 Å². The molecule has 9 heteroatoms. The van der Waals surface area contributed by atoms with Gasteiger partial charge in [-0.15, -0.1) is 9.78 Å². The lowest BCUT2D eigenvalue weighted by Crippen LogP contribution is -2.28. The molecule has 0 saturated heterocycles. The summed E-state index contributed by atoms with van der Waals surface area (Å²) >= 11 is 0. The van der Waals surface area contributed by atoms with Crippen molar-refractivity contribution in [1.82, 2.24) is 14.3 Å². The quantitative estimate of drug-likeness (QED) is 0.610. The van der Waals surface area contributed by atoms with E-state index in [-0.39, 0.29) is 16.1 Å². The van der Waals surface area contributed by atoms with Gasteiger partial charge in [0.1, 0.15) is 6.33 Å². The van der Waals surface area contributed by atoms with Crippen LogP contribution in [0.25, 0.3) is 5.69 Å². The van der Waals surface area contributed by atoms with Gasteiger partial charge in [0.05, 0.1) is 10.6 Å². The molecule has 0 unspecified atom stereocenters. The van der Waals surface area contributed by atoms with Crippen molar-refractivity contribution in [3.8, 4) is 5.69 Å². The molecular weight excluding hydrogens is 244 g/mol. The number of rotatable bonds is 2. The highest BCUT2D eigenvalue weighted by atomic mass is 16.6. The minimum absolute atomic E-state index is 0.127. The maximum atomic E-state index is 11.6. The molecule has 0 aliphatic carbocycles. The Labute approximate surface area is 98.7 Å². The van der Waals surface area contributed by atoms with Gasteiger partial charge in [0, 0.05) is 12.1 Å². The third-order valence-corrected chi connectivity index (χ3v) is 2.19. The van der Waals surface area contributed by atoms with Crippen molar-refractivity contribution in [3.05, 3.63) is 51.2 Å². The third kappa shape index (κ3) is 1.84. The van der Waals surface area contributed by atoms with Crippen LogP contribution in [-0.2, 0) is 0 Å². The monoisotopic (exact) mass is 250 g/mol. The SMILES string of the molecule is O=C(O)n1ncn(-c2ccc([N+](=O)[O-])cc2)c1=O. The number of hydrogen-bond donors (Lipinski definition) is 1. The Morgan fingerprint density at radius 2 is 1.94 bits per heavy atom. The van der Waals surface area contributed by atoms with E-state index < -0.39 is 16.7 Å². The predicted molar refractivity (Wildman–Crippen MR) is 57.9 cm³/mol. The molecule has 1 aromatic carbocycles. The second kappa shape index (κ2) is 4.13. The molecule has 0 amide bonds. The van der Waals surface area contributed by atoms with E-state index in [1.54, 1.807) is 0 Å². The normalized spacial score (nSPS) is 10.2. The van der Waals surface area contributed by atoms with E-state index in [0.29, 0.717) is 0 Å². The van der Waals surface area contributed by atoms with Crippen molar-refractivity contribution in [2.45, 2.75) is 0 Å². The van der Waals surface area contributed by atoms with Crippen LogP contribution in [0.2, 0.25) is 0 Å². The smallest absolute Gasteiger partial charge is 0.436 e. The molecule has 18 heavy (non-hydrogen) atoms. The van der Waals surface area contributed by atoms with Crippen molar-refractivity contribution in [3.63, 3.8) is 0 Å². The van der Waals surface area contributed by atoms with E-state index in [0.717, 1.165) is 10.9 Å². The summed E-state index contributed by atoms with van der Waals surface area (Å²) in [4.78, 5) is 32.1. The number of carboxylic acid groups (broad SMARTS) is 1. The highest BCUT2D eigenvalue weighted by Gasteiger charge is 2.12. The zero-order valence-electron chi connectivity index (χ0n) is 8.76. The Hall–Kier alpha value is -2.97. The molecule has 0 aliphatic heterocycles. The van der Waals surface area contributed by atoms with Gasteiger partial charge in [0.15, 0.2) is 0 Å². The van der Waals surface area contributed by atoms with Crippen LogP contribution in [-0.4, -0.2) is 30.5 Å². The largest absolute Gasteiger partial charge is 0.463 e. The van der Waals surface area contributed by atoms with Gasteiger partial charge < -0.3 is 5.11 Å². The van der Waals surface area contributed by atoms with E-state index in [4.69, 9.17) is 5.11 Å². The average molecular weight is 250 g/mol. The molecule has 0 spiro atoms. The molecule has 9 nitrogen and oxygen atoms in total. The van der Waals surface area contributed by atoms with Gasteiger partial charge in [-0.2, -0.15) is 0 Å². The highest BCUT2D eigenvalue weighted by molar-refractivity contribution is 5.66. The molecule has 1 heterocycles. The Bertz CT molecular complexity index is 669. The van der Waals surface area contributed by atoms with Gasteiger partial charge in [-0.1, -0.05) is 0 Å². The summed E-state index contributed by atoms with van der Waals surface area (Å²) in [5.74, 6) is 0. The first-order valence-corrected chi connectivity index (χ1v) is 4.65. The summed E-state index contributed by atoms with van der Waals surface area (Å²) < 4.78 is 1.24. The number of nitro benzene ring substituents is 1. The van der Waals surface area contributed by atoms with E-state index in [1.807, 2.05) is 0 Å². The van der Waals surface area contributed by atoms with Crippen LogP contribution < -0.4 is 5.69 Å². The summed E-state index contributed by atoms with van der Waals surface area (Å²) in [6.07, 6.45) is -0.474. The van der Waals surface area contributed by atoms with E-state index in [1.165, 1.54) is 24.3 Å². The van der Waals surface area contributed by atoms with Crippen molar-refractivity contribution in [1.29, 1.82) is 0 Å². The number of non-ortho nitro benzene ring substituents is 1. The molecular formula is C9H6N4O5. The first kappa shape index (κ1) is 11.5. The molecule has 1 N–H and O–H groups in total. The van der Waals surface area contributed by atoms with Crippen molar-refractivity contribution < 1.29 is 14.8 Å². The van der Waals surface area contributed by atoms with Gasteiger partial charge in [-0.05, 0) is 12.1 Å². The second-order valence-electron chi connectivity index (χ2n) is 3.25. The van der Waals surface area contributed by atoms with Gasteiger partial charge >= 0.3 is 11.8 Å². The van der Waals surface area contributed by atoms with E-state index in [9.17, 15) is 19.7 Å². The zero-order chi connectivity index (χ0) is 13.3. The number of nitrogens with zero attached hydrogens (tertiary/aromatic N) is 4. The minimum atomic E-state index is -1.50. The van der Waals surface area contributed by atoms with Gasteiger partial charge in [0.25, 0.3) is 5.69 Å². The summed E-state index contributed by atoms with van der Waals surface area (Å²) in [5.41, 5.74) is -0.702. The van der Waals surface area contributed by atoms with Crippen LogP contribution >= 0.6 is 0 Å². The van der Waals surface area contributed by atoms with Crippen LogP contribution in [0.15, 0.2) is 35.4 Å². The lowest BCUT2D eigenvalue weighted by molar-refractivity contribution is -0.384. The van der Waals surface area contributed by atoms with Crippen LogP contribution in [0.5, 0.6) is 0 Å². The number of hydrogen-bond acceptors (Lipinski definition) is 5. The Kier molecular flexibility index (Phi) is 2.64. The number of aromatic nitrogens is 3. The predicted octanol–water partition coefficient (Wildman–Crippen LogP) is 0.468. The molecule has 0 atom stereocenters. The van der Waals surface area contributed by atoms with E-state index >= 15 is 0 Å². The molecule has 2 rings (SSSR count). The molecule has 0 aliphatic rings. The lowest BCUT2D eigenvalue weighted by atomic mass is 10.3. The third-order valence-electron chi connectivity index (χ3n) is 2.19. The lowest BCUT2D eigenvalue weighted by Gasteiger charge is -1.98. The van der Waals surface area contributed by atoms with Crippen LogP contribution in [0.4, 0.5) is 10.5 Å². The second-order valence-corrected chi connectivity index (χ2v) is 3.25. The highest BCUT2D eigenvalue weighted by Crippen LogP contribution is 2.13. The summed E-state index contributed by atoms with van der Waals surface area (Å²) in [7, 11) is 0. The number of benzene rings is 1. The molecule has 2 aromatic rings. The van der Waals surface area contributed by atoms with E-state index in [2.05, 4.69) is 5.10 Å². The standard InChI is InChI=1S/C9H6N4O5/c14-8-11(5-10-12(8)9(15)16)6-1-3-7(4-2-6)13(17)18/h1-5H,(H,15,16). The van der Waals surface area contributed by atoms with Gasteiger partial charge in [0.2, 0.25) is 0 Å². The fraction of sp³-hybridized carbons (Fsp3) is 0. The first-order valence-electron chi connectivity index (χ1n) is 4.65. The maximum Gasteiger partial charge on any atom is 0.436 e. The maximum absolute atomic E-state index is 11.6. The van der Waals surface area contributed by atoms with Crippen molar-refractivity contribution in [2.75, 3.05) is 0 Å². The molecule has 0 radical (unpaired) electrons. The van der Waals surface area contributed by atoms with Crippen LogP contribution in [0.3, 0.4) is 0 Å². The number of nitro groups is 1. The molecule has 92 valence electrons. The number of carbonyl (C=O) groups is 1. The fourth-order valence-corrected chi connectivity index (χ4v) is 1.35. The molecule has 0 fully saturated rings. The average Bonchev–Trinajstić information content (AvgIpc) is 2.71.